The molecule has 1 aromatic heterocycles. The Morgan fingerprint density at radius 1 is 1.13 bits per heavy atom. The van der Waals surface area contributed by atoms with Crippen LogP contribution in [-0.2, 0) is 18.3 Å². The van der Waals surface area contributed by atoms with Gasteiger partial charge in [0.15, 0.2) is 5.78 Å². The lowest BCUT2D eigenvalue weighted by atomic mass is 9.83. The van der Waals surface area contributed by atoms with Gasteiger partial charge < -0.3 is 19.7 Å². The molecule has 0 radical (unpaired) electrons. The van der Waals surface area contributed by atoms with Crippen molar-refractivity contribution in [3.8, 4) is 17.2 Å². The highest BCUT2D eigenvalue weighted by Gasteiger charge is 2.27. The Kier molecular flexibility index (Phi) is 5.25. The second kappa shape index (κ2) is 7.76. The number of aliphatic imine (C=N–C) groups is 1. The van der Waals surface area contributed by atoms with Crippen LogP contribution in [0.2, 0.25) is 0 Å². The molecule has 1 aliphatic rings. The summed E-state index contributed by atoms with van der Waals surface area (Å²) in [7, 11) is 0. The maximum absolute atomic E-state index is 12.5. The first-order valence-electron chi connectivity index (χ1n) is 10.5. The van der Waals surface area contributed by atoms with Gasteiger partial charge in [-0.3, -0.25) is 9.79 Å². The Bertz CT molecular complexity index is 1200. The van der Waals surface area contributed by atoms with Crippen molar-refractivity contribution in [3.63, 3.8) is 0 Å². The van der Waals surface area contributed by atoms with Crippen LogP contribution < -0.4 is 0 Å². The molecule has 1 heterocycles. The fourth-order valence-corrected chi connectivity index (χ4v) is 4.21. The van der Waals surface area contributed by atoms with E-state index in [9.17, 15) is 20.1 Å². The van der Waals surface area contributed by atoms with E-state index >= 15 is 0 Å². The second-order valence-corrected chi connectivity index (χ2v) is 9.11. The maximum Gasteiger partial charge on any atom is 0.187 e. The van der Waals surface area contributed by atoms with Crippen LogP contribution in [0.5, 0.6) is 17.2 Å². The van der Waals surface area contributed by atoms with Crippen molar-refractivity contribution < 1.29 is 24.5 Å². The Hall–Kier alpha value is -3.28. The zero-order chi connectivity index (χ0) is 22.3. The number of hydrogen-bond acceptors (Lipinski definition) is 6. The number of aryl methyl sites for hydroxylation is 2. The summed E-state index contributed by atoms with van der Waals surface area (Å²) < 4.78 is 6.15. The molecule has 1 aliphatic carbocycles. The standard InChI is InChI=1S/C25H27NO5/c1-25(2,3)18-11-22-23(16-6-4-5-7-21(16)31-22)17(24(18)30)12-26-13-20(29)15-9-8-14(27)10-19(15)28/h8-12,27-28,30H,4-7,13H2,1-3H3/b26-12+. The van der Waals surface area contributed by atoms with Gasteiger partial charge in [0.05, 0.1) is 5.56 Å². The topological polar surface area (TPSA) is 103 Å². The summed E-state index contributed by atoms with van der Waals surface area (Å²) in [5.74, 6) is 0.327. The first kappa shape index (κ1) is 21.0. The van der Waals surface area contributed by atoms with Crippen LogP contribution in [0, 0.1) is 0 Å². The molecule has 3 aromatic rings. The predicted molar refractivity (Wildman–Crippen MR) is 120 cm³/mol. The van der Waals surface area contributed by atoms with E-state index in [0.29, 0.717) is 5.56 Å². The van der Waals surface area contributed by atoms with Gasteiger partial charge in [-0.1, -0.05) is 20.8 Å². The van der Waals surface area contributed by atoms with E-state index in [4.69, 9.17) is 4.42 Å². The summed E-state index contributed by atoms with van der Waals surface area (Å²) in [4.78, 5) is 16.8. The molecule has 6 heteroatoms. The van der Waals surface area contributed by atoms with E-state index in [0.717, 1.165) is 59.6 Å². The van der Waals surface area contributed by atoms with Gasteiger partial charge in [-0.15, -0.1) is 0 Å². The molecule has 2 aromatic carbocycles. The van der Waals surface area contributed by atoms with Crippen LogP contribution in [0.15, 0.2) is 33.7 Å². The fraction of sp³-hybridized carbons (Fsp3) is 0.360. The molecule has 0 amide bonds. The van der Waals surface area contributed by atoms with Gasteiger partial charge in [-0.05, 0) is 42.9 Å². The average Bonchev–Trinajstić information content (AvgIpc) is 3.06. The minimum absolute atomic E-state index is 0.0912. The van der Waals surface area contributed by atoms with Gasteiger partial charge in [0.1, 0.15) is 35.1 Å². The average molecular weight is 421 g/mol. The number of furan rings is 1. The smallest absolute Gasteiger partial charge is 0.187 e. The molecule has 0 spiro atoms. The Labute approximate surface area is 180 Å². The Balaban J connectivity index is 1.75. The maximum atomic E-state index is 12.5. The summed E-state index contributed by atoms with van der Waals surface area (Å²) >= 11 is 0. The molecule has 31 heavy (non-hydrogen) atoms. The molecule has 0 fully saturated rings. The molecule has 4 rings (SSSR count). The number of aromatic hydroxyl groups is 3. The highest BCUT2D eigenvalue weighted by Crippen LogP contribution is 2.42. The van der Waals surface area contributed by atoms with Gasteiger partial charge >= 0.3 is 0 Å². The molecule has 0 saturated heterocycles. The summed E-state index contributed by atoms with van der Waals surface area (Å²) in [6, 6.07) is 5.75. The molecule has 0 atom stereocenters. The van der Waals surface area contributed by atoms with Gasteiger partial charge in [-0.2, -0.15) is 0 Å². The summed E-state index contributed by atoms with van der Waals surface area (Å²) in [6.45, 7) is 5.87. The molecular weight excluding hydrogens is 394 g/mol. The van der Waals surface area contributed by atoms with Crippen LogP contribution >= 0.6 is 0 Å². The Morgan fingerprint density at radius 2 is 1.87 bits per heavy atom. The number of hydrogen-bond donors (Lipinski definition) is 3. The molecule has 0 aliphatic heterocycles. The number of phenols is 3. The fourth-order valence-electron chi connectivity index (χ4n) is 4.21. The van der Waals surface area contributed by atoms with Crippen molar-refractivity contribution in [2.45, 2.75) is 51.9 Å². The van der Waals surface area contributed by atoms with E-state index in [2.05, 4.69) is 4.99 Å². The lowest BCUT2D eigenvalue weighted by Gasteiger charge is -2.21. The monoisotopic (exact) mass is 421 g/mol. The van der Waals surface area contributed by atoms with Crippen molar-refractivity contribution in [2.75, 3.05) is 6.54 Å². The second-order valence-electron chi connectivity index (χ2n) is 9.11. The van der Waals surface area contributed by atoms with Crippen LogP contribution in [0.25, 0.3) is 11.0 Å². The number of nitrogens with zero attached hydrogens (tertiary/aromatic N) is 1. The third kappa shape index (κ3) is 3.90. The summed E-state index contributed by atoms with van der Waals surface area (Å²) in [6.07, 6.45) is 5.45. The predicted octanol–water partition coefficient (Wildman–Crippen LogP) is 5.03. The Morgan fingerprint density at radius 3 is 2.58 bits per heavy atom. The quantitative estimate of drug-likeness (QED) is 0.405. The zero-order valence-electron chi connectivity index (χ0n) is 18.0. The van der Waals surface area contributed by atoms with Crippen molar-refractivity contribution >= 4 is 23.0 Å². The van der Waals surface area contributed by atoms with Crippen LogP contribution in [-0.4, -0.2) is 33.9 Å². The van der Waals surface area contributed by atoms with Crippen molar-refractivity contribution in [3.05, 3.63) is 52.3 Å². The third-order valence-electron chi connectivity index (χ3n) is 5.80. The minimum atomic E-state index is -0.384. The van der Waals surface area contributed by atoms with Crippen molar-refractivity contribution in [1.29, 1.82) is 0 Å². The van der Waals surface area contributed by atoms with Crippen molar-refractivity contribution in [1.82, 2.24) is 0 Å². The van der Waals surface area contributed by atoms with Gasteiger partial charge in [0, 0.05) is 40.8 Å². The highest BCUT2D eigenvalue weighted by molar-refractivity contribution is 6.05. The minimum Gasteiger partial charge on any atom is -0.508 e. The lowest BCUT2D eigenvalue weighted by molar-refractivity contribution is 0.0999. The van der Waals surface area contributed by atoms with E-state index < -0.39 is 0 Å². The summed E-state index contributed by atoms with van der Waals surface area (Å²) in [5.41, 5.74) is 2.96. The van der Waals surface area contributed by atoms with Crippen molar-refractivity contribution in [2.24, 2.45) is 4.99 Å². The largest absolute Gasteiger partial charge is 0.508 e. The molecule has 6 nitrogen and oxygen atoms in total. The summed E-state index contributed by atoms with van der Waals surface area (Å²) in [5, 5.41) is 31.3. The van der Waals surface area contributed by atoms with Crippen LogP contribution in [0.4, 0.5) is 0 Å². The molecular formula is C25H27NO5. The van der Waals surface area contributed by atoms with Gasteiger partial charge in [0.25, 0.3) is 0 Å². The molecule has 0 bridgehead atoms. The van der Waals surface area contributed by atoms with E-state index in [1.54, 1.807) is 0 Å². The number of rotatable bonds is 4. The molecule has 3 N–H and O–H groups in total. The number of phenolic OH excluding ortho intramolecular Hbond substituents is 3. The van der Waals surface area contributed by atoms with Crippen LogP contribution in [0.1, 0.15) is 66.4 Å². The third-order valence-corrected chi connectivity index (χ3v) is 5.80. The highest BCUT2D eigenvalue weighted by atomic mass is 16.3. The zero-order valence-corrected chi connectivity index (χ0v) is 18.0. The van der Waals surface area contributed by atoms with E-state index in [-0.39, 0.29) is 40.6 Å². The lowest BCUT2D eigenvalue weighted by Crippen LogP contribution is -2.12. The number of carbonyl (C=O) groups is 1. The number of benzene rings is 2. The molecule has 0 saturated carbocycles. The first-order chi connectivity index (χ1) is 14.7. The number of ketones is 1. The molecule has 0 unspecified atom stereocenters. The van der Waals surface area contributed by atoms with E-state index in [1.807, 2.05) is 26.8 Å². The number of Topliss-reactive ketones (excluding diaryl/α,β-unsaturated/α-hetero) is 1. The first-order valence-corrected chi connectivity index (χ1v) is 10.5. The SMILES string of the molecule is CC(C)(C)c1cc2oc3c(c2c(/C=N/CC(=O)c2ccc(O)cc2O)c1O)CCCC3. The molecule has 162 valence electrons. The van der Waals surface area contributed by atoms with Gasteiger partial charge in [-0.25, -0.2) is 0 Å². The van der Waals surface area contributed by atoms with Crippen LogP contribution in [0.3, 0.4) is 0 Å². The van der Waals surface area contributed by atoms with Gasteiger partial charge in [0.2, 0.25) is 0 Å². The van der Waals surface area contributed by atoms with E-state index in [1.165, 1.54) is 18.3 Å². The number of carbonyl (C=O) groups excluding carboxylic acids is 1. The normalized spacial score (nSPS) is 14.3. The number of fused-ring (bicyclic) bond motifs is 3.